The fourth-order valence-electron chi connectivity index (χ4n) is 2.03. The molecule has 0 radical (unpaired) electrons. The molecule has 6 heteroatoms. The van der Waals surface area contributed by atoms with Crippen molar-refractivity contribution in [2.45, 2.75) is 20.3 Å². The van der Waals surface area contributed by atoms with Crippen molar-refractivity contribution in [3.63, 3.8) is 0 Å². The van der Waals surface area contributed by atoms with Crippen LogP contribution >= 0.6 is 0 Å². The maximum atomic E-state index is 5.66. The lowest BCUT2D eigenvalue weighted by atomic mass is 10.1. The summed E-state index contributed by atoms with van der Waals surface area (Å²) in [6, 6.07) is 9.39. The van der Waals surface area contributed by atoms with Gasteiger partial charge < -0.3 is 20.1 Å². The van der Waals surface area contributed by atoms with Gasteiger partial charge in [-0.25, -0.2) is 4.98 Å². The van der Waals surface area contributed by atoms with Crippen LogP contribution in [-0.2, 0) is 0 Å². The Morgan fingerprint density at radius 2 is 1.75 bits per heavy atom. The van der Waals surface area contributed by atoms with Gasteiger partial charge in [-0.2, -0.15) is 4.98 Å². The summed E-state index contributed by atoms with van der Waals surface area (Å²) in [6.45, 7) is 6.48. The van der Waals surface area contributed by atoms with E-state index >= 15 is 0 Å². The summed E-state index contributed by atoms with van der Waals surface area (Å²) >= 11 is 0. The lowest BCUT2D eigenvalue weighted by molar-refractivity contribution is 0.331. The van der Waals surface area contributed by atoms with Crippen molar-refractivity contribution in [1.29, 1.82) is 0 Å². The SMILES string of the molecule is COc1ccc(OCCNc2nccc(NCCC(C)C)n2)cc1. The van der Waals surface area contributed by atoms with Gasteiger partial charge in [-0.1, -0.05) is 13.8 Å². The second-order valence-corrected chi connectivity index (χ2v) is 5.83. The zero-order valence-electron chi connectivity index (χ0n) is 14.6. The van der Waals surface area contributed by atoms with Gasteiger partial charge in [0.1, 0.15) is 23.9 Å². The molecule has 0 spiro atoms. The van der Waals surface area contributed by atoms with Crippen LogP contribution in [0.3, 0.4) is 0 Å². The van der Waals surface area contributed by atoms with Crippen molar-refractivity contribution in [2.75, 3.05) is 37.4 Å². The van der Waals surface area contributed by atoms with E-state index in [1.807, 2.05) is 30.3 Å². The highest BCUT2D eigenvalue weighted by Gasteiger charge is 2.00. The predicted octanol–water partition coefficient (Wildman–Crippen LogP) is 3.43. The van der Waals surface area contributed by atoms with Crippen LogP contribution in [0.4, 0.5) is 11.8 Å². The highest BCUT2D eigenvalue weighted by Crippen LogP contribution is 2.16. The average molecular weight is 330 g/mol. The zero-order chi connectivity index (χ0) is 17.2. The first-order valence-electron chi connectivity index (χ1n) is 8.25. The van der Waals surface area contributed by atoms with Crippen LogP contribution in [-0.4, -0.2) is 36.8 Å². The molecular formula is C18H26N4O2. The van der Waals surface area contributed by atoms with E-state index in [1.165, 1.54) is 0 Å². The quantitative estimate of drug-likeness (QED) is 0.651. The molecule has 0 bridgehead atoms. The summed E-state index contributed by atoms with van der Waals surface area (Å²) in [6.07, 6.45) is 2.86. The first-order valence-corrected chi connectivity index (χ1v) is 8.25. The maximum absolute atomic E-state index is 5.66. The topological polar surface area (TPSA) is 68.3 Å². The van der Waals surface area contributed by atoms with Crippen molar-refractivity contribution < 1.29 is 9.47 Å². The summed E-state index contributed by atoms with van der Waals surface area (Å²) < 4.78 is 10.8. The first-order chi connectivity index (χ1) is 11.7. The van der Waals surface area contributed by atoms with E-state index in [-0.39, 0.29) is 0 Å². The van der Waals surface area contributed by atoms with Crippen LogP contribution in [0.1, 0.15) is 20.3 Å². The molecule has 2 rings (SSSR count). The van der Waals surface area contributed by atoms with Gasteiger partial charge in [-0.05, 0) is 42.7 Å². The fourth-order valence-corrected chi connectivity index (χ4v) is 2.03. The normalized spacial score (nSPS) is 10.5. The molecule has 0 aliphatic rings. The number of methoxy groups -OCH3 is 1. The van der Waals surface area contributed by atoms with Crippen LogP contribution < -0.4 is 20.1 Å². The molecule has 2 N–H and O–H groups in total. The minimum Gasteiger partial charge on any atom is -0.497 e. The zero-order valence-corrected chi connectivity index (χ0v) is 14.6. The number of benzene rings is 1. The van der Waals surface area contributed by atoms with Gasteiger partial charge in [-0.3, -0.25) is 0 Å². The molecule has 0 unspecified atom stereocenters. The van der Waals surface area contributed by atoms with Crippen molar-refractivity contribution in [2.24, 2.45) is 5.92 Å². The summed E-state index contributed by atoms with van der Waals surface area (Å²) in [5, 5.41) is 6.47. The summed E-state index contributed by atoms with van der Waals surface area (Å²) in [5.41, 5.74) is 0. The number of hydrogen-bond acceptors (Lipinski definition) is 6. The number of hydrogen-bond donors (Lipinski definition) is 2. The molecule has 0 saturated heterocycles. The Kier molecular flexibility index (Phi) is 7.14. The summed E-state index contributed by atoms with van der Waals surface area (Å²) in [4.78, 5) is 8.65. The molecule has 1 heterocycles. The van der Waals surface area contributed by atoms with Crippen molar-refractivity contribution in [1.82, 2.24) is 9.97 Å². The number of nitrogens with one attached hydrogen (secondary N) is 2. The van der Waals surface area contributed by atoms with E-state index in [0.717, 1.165) is 30.3 Å². The second-order valence-electron chi connectivity index (χ2n) is 5.83. The Hall–Kier alpha value is -2.50. The predicted molar refractivity (Wildman–Crippen MR) is 97.0 cm³/mol. The van der Waals surface area contributed by atoms with E-state index in [2.05, 4.69) is 34.4 Å². The van der Waals surface area contributed by atoms with E-state index in [0.29, 0.717) is 25.0 Å². The molecular weight excluding hydrogens is 304 g/mol. The lowest BCUT2D eigenvalue weighted by Crippen LogP contribution is -2.14. The minimum atomic E-state index is 0.528. The van der Waals surface area contributed by atoms with Gasteiger partial charge in [0.15, 0.2) is 0 Å². The molecule has 1 aromatic carbocycles. The molecule has 0 fully saturated rings. The molecule has 0 atom stereocenters. The third-order valence-electron chi connectivity index (χ3n) is 3.40. The molecule has 24 heavy (non-hydrogen) atoms. The van der Waals surface area contributed by atoms with E-state index in [9.17, 15) is 0 Å². The third kappa shape index (κ3) is 6.32. The van der Waals surface area contributed by atoms with Crippen LogP contribution in [0, 0.1) is 5.92 Å². The smallest absolute Gasteiger partial charge is 0.224 e. The Morgan fingerprint density at radius 3 is 2.46 bits per heavy atom. The second kappa shape index (κ2) is 9.60. The Morgan fingerprint density at radius 1 is 1.00 bits per heavy atom. The van der Waals surface area contributed by atoms with Gasteiger partial charge in [0.05, 0.1) is 13.7 Å². The molecule has 0 amide bonds. The van der Waals surface area contributed by atoms with Gasteiger partial charge >= 0.3 is 0 Å². The largest absolute Gasteiger partial charge is 0.497 e. The molecule has 1 aromatic heterocycles. The van der Waals surface area contributed by atoms with E-state index in [1.54, 1.807) is 13.3 Å². The Balaban J connectivity index is 1.71. The molecule has 0 saturated carbocycles. The molecule has 130 valence electrons. The van der Waals surface area contributed by atoms with Gasteiger partial charge in [0.2, 0.25) is 5.95 Å². The molecule has 6 nitrogen and oxygen atoms in total. The van der Waals surface area contributed by atoms with Crippen LogP contribution in [0.5, 0.6) is 11.5 Å². The summed E-state index contributed by atoms with van der Waals surface area (Å²) in [5.74, 6) is 3.73. The van der Waals surface area contributed by atoms with Crippen molar-refractivity contribution in [3.8, 4) is 11.5 Å². The highest BCUT2D eigenvalue weighted by atomic mass is 16.5. The van der Waals surface area contributed by atoms with Gasteiger partial charge in [0, 0.05) is 12.7 Å². The van der Waals surface area contributed by atoms with Gasteiger partial charge in [-0.15, -0.1) is 0 Å². The van der Waals surface area contributed by atoms with E-state index in [4.69, 9.17) is 9.47 Å². The monoisotopic (exact) mass is 330 g/mol. The van der Waals surface area contributed by atoms with Gasteiger partial charge in [0.25, 0.3) is 0 Å². The molecule has 0 aliphatic carbocycles. The number of rotatable bonds is 10. The number of nitrogens with zero attached hydrogens (tertiary/aromatic N) is 2. The molecule has 0 aliphatic heterocycles. The van der Waals surface area contributed by atoms with Crippen LogP contribution in [0.2, 0.25) is 0 Å². The van der Waals surface area contributed by atoms with Crippen LogP contribution in [0.25, 0.3) is 0 Å². The van der Waals surface area contributed by atoms with E-state index < -0.39 is 0 Å². The number of anilines is 2. The standard InChI is InChI=1S/C18H26N4O2/c1-14(2)8-10-19-17-9-11-20-18(22-17)21-12-13-24-16-6-4-15(23-3)5-7-16/h4-7,9,11,14H,8,10,12-13H2,1-3H3,(H2,19,20,21,22). The van der Waals surface area contributed by atoms with Crippen molar-refractivity contribution in [3.05, 3.63) is 36.5 Å². The minimum absolute atomic E-state index is 0.528. The maximum Gasteiger partial charge on any atom is 0.224 e. The first kappa shape index (κ1) is 17.8. The van der Waals surface area contributed by atoms with Crippen LogP contribution in [0.15, 0.2) is 36.5 Å². The van der Waals surface area contributed by atoms with Crippen molar-refractivity contribution >= 4 is 11.8 Å². The highest BCUT2D eigenvalue weighted by molar-refractivity contribution is 5.39. The Labute approximate surface area is 143 Å². The fraction of sp³-hybridized carbons (Fsp3) is 0.444. The Bertz CT molecular complexity index is 602. The third-order valence-corrected chi connectivity index (χ3v) is 3.40. The number of aromatic nitrogens is 2. The summed E-state index contributed by atoms with van der Waals surface area (Å²) in [7, 11) is 1.64. The molecule has 2 aromatic rings. The lowest BCUT2D eigenvalue weighted by Gasteiger charge is -2.10. The number of ether oxygens (including phenoxy) is 2. The average Bonchev–Trinajstić information content (AvgIpc) is 2.59.